The maximum absolute atomic E-state index is 8.82. The van der Waals surface area contributed by atoms with E-state index in [1.165, 1.54) is 6.20 Å². The third-order valence-corrected chi connectivity index (χ3v) is 2.55. The van der Waals surface area contributed by atoms with Gasteiger partial charge in [-0.3, -0.25) is 0 Å². The Hall–Kier alpha value is -0.0900. The first-order valence-electron chi connectivity index (χ1n) is 2.20. The predicted molar refractivity (Wildman–Crippen MR) is 41.3 cm³/mol. The molecule has 0 radical (unpaired) electrons. The van der Waals surface area contributed by atoms with Gasteiger partial charge < -0.3 is 5.11 Å². The van der Waals surface area contributed by atoms with E-state index in [0.717, 1.165) is 4.47 Å². The molecule has 0 atom stereocenters. The number of aromatic hydroxyl groups is 1. The summed E-state index contributed by atoms with van der Waals surface area (Å²) in [6.45, 7) is 0. The van der Waals surface area contributed by atoms with E-state index >= 15 is 0 Å². The molecule has 0 aliphatic rings. The molecular formula is C5H3Br2NO. The van der Waals surface area contributed by atoms with Crippen molar-refractivity contribution in [2.45, 2.75) is 0 Å². The second kappa shape index (κ2) is 2.66. The molecule has 4 heteroatoms. The van der Waals surface area contributed by atoms with Crippen molar-refractivity contribution in [3.63, 3.8) is 0 Å². The molecule has 1 rings (SSSR count). The SMILES string of the molecule is Oc1cnc(Br)c(Br)c1. The van der Waals surface area contributed by atoms with Crippen LogP contribution in [0.1, 0.15) is 0 Å². The van der Waals surface area contributed by atoms with Gasteiger partial charge in [0.25, 0.3) is 0 Å². The first-order chi connectivity index (χ1) is 4.20. The van der Waals surface area contributed by atoms with Crippen molar-refractivity contribution in [3.05, 3.63) is 21.3 Å². The molecule has 0 saturated carbocycles. The van der Waals surface area contributed by atoms with E-state index in [1.807, 2.05) is 0 Å². The average molecular weight is 253 g/mol. The van der Waals surface area contributed by atoms with Crippen molar-refractivity contribution in [1.82, 2.24) is 4.98 Å². The van der Waals surface area contributed by atoms with E-state index in [9.17, 15) is 0 Å². The number of rotatable bonds is 0. The summed E-state index contributed by atoms with van der Waals surface area (Å²) >= 11 is 6.34. The second-order valence-corrected chi connectivity index (χ2v) is 3.07. The lowest BCUT2D eigenvalue weighted by molar-refractivity contribution is 0.472. The number of pyridine rings is 1. The van der Waals surface area contributed by atoms with E-state index in [0.29, 0.717) is 4.60 Å². The van der Waals surface area contributed by atoms with Crippen LogP contribution >= 0.6 is 31.9 Å². The molecule has 9 heavy (non-hydrogen) atoms. The summed E-state index contributed by atoms with van der Waals surface area (Å²) in [5, 5.41) is 8.82. The Balaban J connectivity index is 3.17. The Morgan fingerprint density at radius 2 is 2.11 bits per heavy atom. The lowest BCUT2D eigenvalue weighted by atomic mass is 10.5. The molecule has 1 heterocycles. The molecule has 0 unspecified atom stereocenters. The quantitative estimate of drug-likeness (QED) is 0.719. The Kier molecular flexibility index (Phi) is 2.08. The predicted octanol–water partition coefficient (Wildman–Crippen LogP) is 2.31. The Bertz CT molecular complexity index is 226. The van der Waals surface area contributed by atoms with Crippen molar-refractivity contribution < 1.29 is 5.11 Å². The van der Waals surface area contributed by atoms with Crippen LogP contribution in [-0.2, 0) is 0 Å². The van der Waals surface area contributed by atoms with Crippen LogP contribution in [-0.4, -0.2) is 10.1 Å². The van der Waals surface area contributed by atoms with Crippen LogP contribution in [0.5, 0.6) is 5.75 Å². The fourth-order valence-corrected chi connectivity index (χ4v) is 0.965. The van der Waals surface area contributed by atoms with Gasteiger partial charge >= 0.3 is 0 Å². The van der Waals surface area contributed by atoms with Gasteiger partial charge in [0, 0.05) is 0 Å². The first kappa shape index (κ1) is 7.02. The van der Waals surface area contributed by atoms with Crippen LogP contribution in [0.15, 0.2) is 21.3 Å². The molecule has 0 fully saturated rings. The fourth-order valence-electron chi connectivity index (χ4n) is 0.411. The summed E-state index contributed by atoms with van der Waals surface area (Å²) < 4.78 is 1.45. The van der Waals surface area contributed by atoms with E-state index in [4.69, 9.17) is 5.11 Å². The van der Waals surface area contributed by atoms with Crippen molar-refractivity contribution in [1.29, 1.82) is 0 Å². The van der Waals surface area contributed by atoms with Crippen molar-refractivity contribution in [2.24, 2.45) is 0 Å². The average Bonchev–Trinajstić information content (AvgIpc) is 1.80. The van der Waals surface area contributed by atoms with Crippen LogP contribution in [0.4, 0.5) is 0 Å². The van der Waals surface area contributed by atoms with Crippen molar-refractivity contribution >= 4 is 31.9 Å². The van der Waals surface area contributed by atoms with Gasteiger partial charge in [0.1, 0.15) is 10.4 Å². The number of halogens is 2. The molecule has 48 valence electrons. The summed E-state index contributed by atoms with van der Waals surface area (Å²) in [6, 6.07) is 1.57. The van der Waals surface area contributed by atoms with E-state index in [2.05, 4.69) is 36.8 Å². The molecular weight excluding hydrogens is 250 g/mol. The second-order valence-electron chi connectivity index (χ2n) is 1.47. The number of nitrogens with zero attached hydrogens (tertiary/aromatic N) is 1. The highest BCUT2D eigenvalue weighted by atomic mass is 79.9. The van der Waals surface area contributed by atoms with Crippen LogP contribution < -0.4 is 0 Å². The van der Waals surface area contributed by atoms with Crippen LogP contribution in [0, 0.1) is 0 Å². The molecule has 1 N–H and O–H groups in total. The van der Waals surface area contributed by atoms with Gasteiger partial charge in [-0.2, -0.15) is 0 Å². The number of aromatic nitrogens is 1. The lowest BCUT2D eigenvalue weighted by Gasteiger charge is -1.93. The molecule has 0 spiro atoms. The third kappa shape index (κ3) is 1.66. The summed E-state index contributed by atoms with van der Waals surface area (Å²) in [4.78, 5) is 3.80. The molecule has 0 saturated heterocycles. The van der Waals surface area contributed by atoms with Gasteiger partial charge in [-0.15, -0.1) is 0 Å². The molecule has 0 aliphatic carbocycles. The zero-order valence-corrected chi connectivity index (χ0v) is 7.48. The molecule has 1 aromatic heterocycles. The monoisotopic (exact) mass is 251 g/mol. The van der Waals surface area contributed by atoms with Crippen LogP contribution in [0.25, 0.3) is 0 Å². The summed E-state index contributed by atoms with van der Waals surface area (Å²) in [7, 11) is 0. The fraction of sp³-hybridized carbons (Fsp3) is 0. The molecule has 1 aromatic rings. The lowest BCUT2D eigenvalue weighted by Crippen LogP contribution is -1.74. The van der Waals surface area contributed by atoms with Gasteiger partial charge in [0.2, 0.25) is 0 Å². The van der Waals surface area contributed by atoms with E-state index in [-0.39, 0.29) is 5.75 Å². The largest absolute Gasteiger partial charge is 0.506 e. The molecule has 0 aromatic carbocycles. The highest BCUT2D eigenvalue weighted by Gasteiger charge is 1.96. The zero-order valence-electron chi connectivity index (χ0n) is 4.31. The van der Waals surface area contributed by atoms with Gasteiger partial charge in [-0.1, -0.05) is 0 Å². The standard InChI is InChI=1S/C5H3Br2NO/c6-4-1-3(9)2-8-5(4)7/h1-2,9H. The maximum Gasteiger partial charge on any atom is 0.135 e. The Morgan fingerprint density at radius 1 is 1.44 bits per heavy atom. The molecule has 0 bridgehead atoms. The minimum Gasteiger partial charge on any atom is -0.506 e. The Morgan fingerprint density at radius 3 is 2.56 bits per heavy atom. The van der Waals surface area contributed by atoms with E-state index in [1.54, 1.807) is 6.07 Å². The molecule has 0 amide bonds. The Labute approximate surface area is 69.2 Å². The van der Waals surface area contributed by atoms with Gasteiger partial charge in [-0.05, 0) is 37.9 Å². The minimum absolute atomic E-state index is 0.157. The normalized spacial score (nSPS) is 9.56. The number of hydrogen-bond acceptors (Lipinski definition) is 2. The maximum atomic E-state index is 8.82. The zero-order chi connectivity index (χ0) is 6.85. The van der Waals surface area contributed by atoms with Crippen molar-refractivity contribution in [2.75, 3.05) is 0 Å². The van der Waals surface area contributed by atoms with Gasteiger partial charge in [-0.25, -0.2) is 4.98 Å². The molecule has 2 nitrogen and oxygen atoms in total. The summed E-state index contributed by atoms with van der Waals surface area (Å²) in [6.07, 6.45) is 1.37. The van der Waals surface area contributed by atoms with E-state index < -0.39 is 0 Å². The highest BCUT2D eigenvalue weighted by Crippen LogP contribution is 2.23. The van der Waals surface area contributed by atoms with Crippen LogP contribution in [0.3, 0.4) is 0 Å². The number of hydrogen-bond donors (Lipinski definition) is 1. The van der Waals surface area contributed by atoms with Gasteiger partial charge in [0.15, 0.2) is 0 Å². The summed E-state index contributed by atoms with van der Waals surface area (Å²) in [5.41, 5.74) is 0. The third-order valence-electron chi connectivity index (χ3n) is 0.782. The topological polar surface area (TPSA) is 33.1 Å². The van der Waals surface area contributed by atoms with Crippen molar-refractivity contribution in [3.8, 4) is 5.75 Å². The highest BCUT2D eigenvalue weighted by molar-refractivity contribution is 9.13. The molecule has 0 aliphatic heterocycles. The first-order valence-corrected chi connectivity index (χ1v) is 3.79. The van der Waals surface area contributed by atoms with Crippen LogP contribution in [0.2, 0.25) is 0 Å². The van der Waals surface area contributed by atoms with Gasteiger partial charge in [0.05, 0.1) is 10.7 Å². The summed E-state index contributed by atoms with van der Waals surface area (Å²) in [5.74, 6) is 0.157. The minimum atomic E-state index is 0.157. The smallest absolute Gasteiger partial charge is 0.135 e.